The molecule has 7 saturated heterocycles. The van der Waals surface area contributed by atoms with Crippen LogP contribution < -0.4 is 5.73 Å². The van der Waals surface area contributed by atoms with Crippen LogP contribution in [0, 0.1) is 23.7 Å². The van der Waals surface area contributed by atoms with Crippen LogP contribution in [-0.4, -0.2) is 126 Å². The predicted molar refractivity (Wildman–Crippen MR) is 188 cm³/mol. The van der Waals surface area contributed by atoms with Gasteiger partial charge in [0.05, 0.1) is 79.4 Å². The molecular weight excluding hydrogens is 670 g/mol. The summed E-state index contributed by atoms with van der Waals surface area (Å²) in [6.07, 6.45) is 2.27. The molecule has 0 spiro atoms. The van der Waals surface area contributed by atoms with E-state index in [0.717, 1.165) is 36.8 Å². The number of carbonyl (C=O) groups excluding carboxylic acids is 1. The van der Waals surface area contributed by atoms with Gasteiger partial charge in [-0.2, -0.15) is 0 Å². The summed E-state index contributed by atoms with van der Waals surface area (Å²) in [4.78, 5) is 14.0. The van der Waals surface area contributed by atoms with E-state index >= 15 is 0 Å². The molecule has 52 heavy (non-hydrogen) atoms. The Balaban J connectivity index is 1.06. The van der Waals surface area contributed by atoms with Gasteiger partial charge in [0, 0.05) is 69.9 Å². The van der Waals surface area contributed by atoms with Crippen molar-refractivity contribution in [2.24, 2.45) is 29.4 Å². The van der Waals surface area contributed by atoms with Crippen molar-refractivity contribution in [3.8, 4) is 0 Å². The maximum atomic E-state index is 14.0. The largest absolute Gasteiger partial charge is 0.393 e. The number of fused-ring (bicyclic) bond motifs is 8. The Morgan fingerprint density at radius 1 is 0.885 bits per heavy atom. The predicted octanol–water partition coefficient (Wildman–Crippen LogP) is 2.87. The van der Waals surface area contributed by atoms with Gasteiger partial charge in [-0.05, 0) is 62.0 Å². The van der Waals surface area contributed by atoms with Crippen molar-refractivity contribution in [1.82, 2.24) is 0 Å². The smallest absolute Gasteiger partial charge is 0.168 e. The van der Waals surface area contributed by atoms with Crippen LogP contribution in [-0.2, 0) is 38.0 Å². The second-order valence-corrected chi connectivity index (χ2v) is 17.5. The number of ether oxygens (including phenoxy) is 7. The van der Waals surface area contributed by atoms with Gasteiger partial charge < -0.3 is 54.2 Å². The SMILES string of the molecule is C=C1C[C@@H]2CC[C@@]3(O)C[C@@H](O)[C@@H]4C5[C@@H](O3)[C@H]3O[C@H](CC[C@@H]3O[C@H]54)CC(=O)C[C@@H]3[C@@H](OC)[C@@H](C[C@H](O)CN)O[C@H]3C[C@H]3O[C@@H](CC[C@@H]1O2)C[C@@H](C)C3=C. The van der Waals surface area contributed by atoms with E-state index in [1.807, 2.05) is 0 Å². The molecule has 8 rings (SSSR count). The van der Waals surface area contributed by atoms with E-state index in [1.54, 1.807) is 7.11 Å². The lowest BCUT2D eigenvalue weighted by atomic mass is 9.81. The van der Waals surface area contributed by atoms with Crippen molar-refractivity contribution in [3.05, 3.63) is 24.3 Å². The maximum Gasteiger partial charge on any atom is 0.168 e. The zero-order valence-electron chi connectivity index (χ0n) is 30.9. The minimum atomic E-state index is -1.53. The molecule has 1 unspecified atom stereocenters. The molecule has 8 bridgehead atoms. The average molecular weight is 732 g/mol. The number of Topliss-reactive ketones (excluding diaryl/α,β-unsaturated/α-hetero) is 1. The van der Waals surface area contributed by atoms with Crippen LogP contribution >= 0.6 is 0 Å². The molecule has 0 aromatic rings. The van der Waals surface area contributed by atoms with E-state index in [1.165, 1.54) is 0 Å². The third-order valence-corrected chi connectivity index (χ3v) is 13.9. The summed E-state index contributed by atoms with van der Waals surface area (Å²) >= 11 is 0. The maximum absolute atomic E-state index is 14.0. The van der Waals surface area contributed by atoms with Gasteiger partial charge in [-0.3, -0.25) is 4.79 Å². The molecule has 8 fully saturated rings. The lowest BCUT2D eigenvalue weighted by Gasteiger charge is -2.45. The van der Waals surface area contributed by atoms with E-state index in [0.29, 0.717) is 38.5 Å². The van der Waals surface area contributed by atoms with Gasteiger partial charge in [0.25, 0.3) is 0 Å². The van der Waals surface area contributed by atoms with Crippen LogP contribution in [0.25, 0.3) is 0 Å². The van der Waals surface area contributed by atoms with E-state index in [4.69, 9.17) is 38.9 Å². The third kappa shape index (κ3) is 7.36. The van der Waals surface area contributed by atoms with Gasteiger partial charge in [-0.25, -0.2) is 0 Å². The van der Waals surface area contributed by atoms with Gasteiger partial charge in [0.2, 0.25) is 0 Å². The number of carbonyl (C=O) groups is 1. The highest BCUT2D eigenvalue weighted by molar-refractivity contribution is 5.79. The Morgan fingerprint density at radius 3 is 2.44 bits per heavy atom. The summed E-state index contributed by atoms with van der Waals surface area (Å²) in [7, 11) is 1.64. The van der Waals surface area contributed by atoms with Crippen LogP contribution in [0.2, 0.25) is 0 Å². The molecule has 292 valence electrons. The number of aliphatic hydroxyl groups excluding tert-OH is 2. The highest BCUT2D eigenvalue weighted by Crippen LogP contribution is 2.58. The van der Waals surface area contributed by atoms with Crippen molar-refractivity contribution in [2.45, 2.75) is 182 Å². The molecule has 1 saturated carbocycles. The Hall–Kier alpha value is -1.29. The van der Waals surface area contributed by atoms with Crippen molar-refractivity contribution >= 4 is 5.78 Å². The number of hydrogen-bond donors (Lipinski definition) is 4. The fourth-order valence-corrected chi connectivity index (χ4v) is 11.0. The number of hydrogen-bond acceptors (Lipinski definition) is 12. The molecule has 0 aromatic heterocycles. The second-order valence-electron chi connectivity index (χ2n) is 17.5. The molecule has 8 aliphatic rings. The highest BCUT2D eigenvalue weighted by atomic mass is 16.7. The van der Waals surface area contributed by atoms with Crippen LogP contribution in [0.4, 0.5) is 0 Å². The van der Waals surface area contributed by atoms with E-state index in [2.05, 4.69) is 20.1 Å². The minimum absolute atomic E-state index is 0.00455. The molecule has 12 nitrogen and oxygen atoms in total. The molecule has 7 aliphatic heterocycles. The Morgan fingerprint density at radius 2 is 1.65 bits per heavy atom. The molecular formula is C40H61NO11. The zero-order chi connectivity index (χ0) is 36.5. The fraction of sp³-hybridized carbons (Fsp3) is 0.875. The first-order valence-corrected chi connectivity index (χ1v) is 20.1. The summed E-state index contributed by atoms with van der Waals surface area (Å²) < 4.78 is 45.8. The molecule has 19 atom stereocenters. The van der Waals surface area contributed by atoms with Gasteiger partial charge in [-0.1, -0.05) is 20.1 Å². The van der Waals surface area contributed by atoms with Crippen LogP contribution in [0.15, 0.2) is 24.3 Å². The number of methoxy groups -OCH3 is 1. The van der Waals surface area contributed by atoms with Gasteiger partial charge >= 0.3 is 0 Å². The summed E-state index contributed by atoms with van der Waals surface area (Å²) in [5.41, 5.74) is 7.89. The topological polar surface area (TPSA) is 168 Å². The van der Waals surface area contributed by atoms with Crippen LogP contribution in [0.5, 0.6) is 0 Å². The normalized spacial score (nSPS) is 51.6. The molecule has 0 radical (unpaired) electrons. The monoisotopic (exact) mass is 731 g/mol. The van der Waals surface area contributed by atoms with Gasteiger partial charge in [0.1, 0.15) is 11.9 Å². The summed E-state index contributed by atoms with van der Waals surface area (Å²) in [6, 6.07) is 0. The lowest BCUT2D eigenvalue weighted by molar-refractivity contribution is -0.301. The zero-order valence-corrected chi connectivity index (χ0v) is 30.9. The van der Waals surface area contributed by atoms with Crippen molar-refractivity contribution < 1.29 is 53.3 Å². The summed E-state index contributed by atoms with van der Waals surface area (Å²) in [5.74, 6) is -1.64. The quantitative estimate of drug-likeness (QED) is 0.313. The van der Waals surface area contributed by atoms with Crippen molar-refractivity contribution in [1.29, 1.82) is 0 Å². The van der Waals surface area contributed by atoms with E-state index in [9.17, 15) is 20.1 Å². The Labute approximate surface area is 307 Å². The number of rotatable bonds is 4. The first-order valence-electron chi connectivity index (χ1n) is 20.1. The van der Waals surface area contributed by atoms with Gasteiger partial charge in [-0.15, -0.1) is 0 Å². The standard InChI is InChI=1S/C40H61NO11/c1-19-11-24-5-7-29-20(2)12-26(47-29)9-10-40(45)17-28(44)34-35-38(34)51-30-8-6-25(49-37(30)39(35)52-40)13-22(42)14-27-32(16-31(48-24)21(19)3)50-33(36(27)46-4)15-23(43)18-41/h19,23-39,43-45H,2-3,5-18,41H2,1,4H3/t19-,23+,24+,25-,26+,27+,28-,29+,30+,31-,32+,33-,34-,35?,36-,37+,38+,39-,40+/m1/s1. The van der Waals surface area contributed by atoms with E-state index < -0.39 is 42.4 Å². The van der Waals surface area contributed by atoms with E-state index in [-0.39, 0.29) is 104 Å². The van der Waals surface area contributed by atoms with Crippen molar-refractivity contribution in [2.75, 3.05) is 13.7 Å². The highest BCUT2D eigenvalue weighted by Gasteiger charge is 2.69. The molecule has 12 heteroatoms. The molecule has 0 amide bonds. The van der Waals surface area contributed by atoms with Crippen LogP contribution in [0.1, 0.15) is 90.4 Å². The Kier molecular flexibility index (Phi) is 10.8. The molecule has 0 aromatic carbocycles. The lowest BCUT2D eigenvalue weighted by Crippen LogP contribution is -2.56. The minimum Gasteiger partial charge on any atom is -0.393 e. The molecule has 5 N–H and O–H groups in total. The number of nitrogens with two attached hydrogens (primary N) is 1. The fourth-order valence-electron chi connectivity index (χ4n) is 11.0. The summed E-state index contributed by atoms with van der Waals surface area (Å²) in [5, 5.41) is 33.7. The van der Waals surface area contributed by atoms with Crippen LogP contribution in [0.3, 0.4) is 0 Å². The summed E-state index contributed by atoms with van der Waals surface area (Å²) in [6.45, 7) is 11.1. The van der Waals surface area contributed by atoms with Gasteiger partial charge in [0.15, 0.2) is 5.79 Å². The first kappa shape index (κ1) is 37.6. The second kappa shape index (κ2) is 15.0. The third-order valence-electron chi connectivity index (χ3n) is 13.9. The molecule has 7 heterocycles. The average Bonchev–Trinajstić information content (AvgIpc) is 3.64. The first-order chi connectivity index (χ1) is 24.9. The number of ketones is 1. The van der Waals surface area contributed by atoms with Crippen molar-refractivity contribution in [3.63, 3.8) is 0 Å². The molecule has 1 aliphatic carbocycles. The number of aliphatic hydroxyl groups is 3. The Bertz CT molecular complexity index is 1350.